The van der Waals surface area contributed by atoms with Crippen LogP contribution >= 0.6 is 0 Å². The molecule has 3 N–H and O–H groups in total. The van der Waals surface area contributed by atoms with E-state index in [1.54, 1.807) is 0 Å². The Morgan fingerprint density at radius 1 is 1.19 bits per heavy atom. The van der Waals surface area contributed by atoms with Crippen molar-refractivity contribution in [2.75, 3.05) is 0 Å². The van der Waals surface area contributed by atoms with Gasteiger partial charge in [-0.1, -0.05) is 37.3 Å². The fourth-order valence-electron chi connectivity index (χ4n) is 4.94. The van der Waals surface area contributed by atoms with Crippen molar-refractivity contribution in [3.63, 3.8) is 0 Å². The van der Waals surface area contributed by atoms with Gasteiger partial charge in [0.25, 0.3) is 0 Å². The smallest absolute Gasteiger partial charge is 0.224 e. The van der Waals surface area contributed by atoms with E-state index in [1.807, 2.05) is 37.3 Å². The van der Waals surface area contributed by atoms with E-state index >= 15 is 0 Å². The molecule has 6 unspecified atom stereocenters. The number of hydrogen-bond acceptors (Lipinski definition) is 2. The van der Waals surface area contributed by atoms with Crippen LogP contribution in [0.4, 0.5) is 0 Å². The maximum Gasteiger partial charge on any atom is 0.224 e. The van der Waals surface area contributed by atoms with Crippen molar-refractivity contribution in [1.29, 1.82) is 0 Å². The van der Waals surface area contributed by atoms with Crippen molar-refractivity contribution in [2.45, 2.75) is 38.3 Å². The molecule has 0 spiro atoms. The summed E-state index contributed by atoms with van der Waals surface area (Å²) >= 11 is 0. The van der Waals surface area contributed by atoms with E-state index in [4.69, 9.17) is 5.73 Å². The molecule has 3 fully saturated rings. The normalized spacial score (nSPS) is 38.7. The van der Waals surface area contributed by atoms with Crippen molar-refractivity contribution < 1.29 is 4.79 Å². The van der Waals surface area contributed by atoms with Crippen LogP contribution in [-0.4, -0.2) is 11.9 Å². The second-order valence-electron chi connectivity index (χ2n) is 7.25. The van der Waals surface area contributed by atoms with E-state index in [2.05, 4.69) is 5.32 Å². The van der Waals surface area contributed by atoms with Gasteiger partial charge in [0.2, 0.25) is 5.91 Å². The number of rotatable bonds is 4. The van der Waals surface area contributed by atoms with Gasteiger partial charge >= 0.3 is 0 Å². The van der Waals surface area contributed by atoms with Crippen LogP contribution in [-0.2, 0) is 4.79 Å². The molecular formula is C18H24N2O. The standard InChI is InChI=1S/C18H24N2O/c1-10(16(19)11-5-3-2-4-6-11)18(21)20-17-14-12-7-8-13(9-12)15(14)17/h2-6,10,12-17H,7-9,19H2,1H3,(H,20,21). The van der Waals surface area contributed by atoms with Crippen molar-refractivity contribution >= 4 is 5.91 Å². The number of carbonyl (C=O) groups is 1. The van der Waals surface area contributed by atoms with Crippen LogP contribution in [0.3, 0.4) is 0 Å². The molecular weight excluding hydrogens is 260 g/mol. The van der Waals surface area contributed by atoms with Gasteiger partial charge in [0.15, 0.2) is 0 Å². The summed E-state index contributed by atoms with van der Waals surface area (Å²) in [6.07, 6.45) is 4.19. The minimum Gasteiger partial charge on any atom is -0.352 e. The Hall–Kier alpha value is -1.35. The van der Waals surface area contributed by atoms with Crippen LogP contribution in [0.15, 0.2) is 30.3 Å². The highest BCUT2D eigenvalue weighted by Crippen LogP contribution is 2.65. The summed E-state index contributed by atoms with van der Waals surface area (Å²) in [7, 11) is 0. The second kappa shape index (κ2) is 4.84. The van der Waals surface area contributed by atoms with E-state index in [1.165, 1.54) is 19.3 Å². The quantitative estimate of drug-likeness (QED) is 0.892. The van der Waals surface area contributed by atoms with Crippen LogP contribution < -0.4 is 11.1 Å². The second-order valence-corrected chi connectivity index (χ2v) is 7.25. The summed E-state index contributed by atoms with van der Waals surface area (Å²) in [5.41, 5.74) is 7.30. The Morgan fingerprint density at radius 3 is 2.43 bits per heavy atom. The fraction of sp³-hybridized carbons (Fsp3) is 0.611. The molecule has 0 aromatic heterocycles. The molecule has 4 rings (SSSR count). The Morgan fingerprint density at radius 2 is 1.81 bits per heavy atom. The largest absolute Gasteiger partial charge is 0.352 e. The number of nitrogens with two attached hydrogens (primary N) is 1. The summed E-state index contributed by atoms with van der Waals surface area (Å²) in [6.45, 7) is 1.94. The van der Waals surface area contributed by atoms with Gasteiger partial charge in [-0.15, -0.1) is 0 Å². The first-order valence-electron chi connectivity index (χ1n) is 8.27. The average Bonchev–Trinajstić information content (AvgIpc) is 2.91. The molecule has 1 aromatic rings. The molecule has 0 saturated heterocycles. The molecule has 3 nitrogen and oxygen atoms in total. The van der Waals surface area contributed by atoms with E-state index in [-0.39, 0.29) is 17.9 Å². The molecule has 0 radical (unpaired) electrons. The number of hydrogen-bond donors (Lipinski definition) is 2. The zero-order valence-corrected chi connectivity index (χ0v) is 12.5. The third-order valence-electron chi connectivity index (χ3n) is 6.18. The topological polar surface area (TPSA) is 55.1 Å². The molecule has 112 valence electrons. The number of amides is 1. The summed E-state index contributed by atoms with van der Waals surface area (Å²) in [4.78, 5) is 12.5. The van der Waals surface area contributed by atoms with Crippen LogP contribution in [0.1, 0.15) is 37.8 Å². The van der Waals surface area contributed by atoms with Crippen molar-refractivity contribution in [3.05, 3.63) is 35.9 Å². The predicted octanol–water partition coefficient (Wildman–Crippen LogP) is 2.48. The lowest BCUT2D eigenvalue weighted by atomic mass is 9.94. The average molecular weight is 284 g/mol. The highest BCUT2D eigenvalue weighted by atomic mass is 16.2. The highest BCUT2D eigenvalue weighted by molar-refractivity contribution is 5.80. The van der Waals surface area contributed by atoms with E-state index in [9.17, 15) is 4.79 Å². The molecule has 21 heavy (non-hydrogen) atoms. The lowest BCUT2D eigenvalue weighted by Crippen LogP contribution is -2.38. The lowest BCUT2D eigenvalue weighted by molar-refractivity contribution is -0.125. The monoisotopic (exact) mass is 284 g/mol. The van der Waals surface area contributed by atoms with Crippen molar-refractivity contribution in [1.82, 2.24) is 5.32 Å². The molecule has 2 bridgehead atoms. The van der Waals surface area contributed by atoms with Crippen LogP contribution in [0.5, 0.6) is 0 Å². The van der Waals surface area contributed by atoms with Gasteiger partial charge in [-0.25, -0.2) is 0 Å². The summed E-state index contributed by atoms with van der Waals surface area (Å²) in [6, 6.07) is 10.2. The first-order chi connectivity index (χ1) is 10.2. The first-order valence-corrected chi connectivity index (χ1v) is 8.27. The SMILES string of the molecule is CC(C(=O)NC1C2C3CCC(C3)C12)C(N)c1ccccc1. The molecule has 3 saturated carbocycles. The minimum atomic E-state index is -0.221. The molecule has 3 heteroatoms. The van der Waals surface area contributed by atoms with Crippen molar-refractivity contribution in [3.8, 4) is 0 Å². The highest BCUT2D eigenvalue weighted by Gasteiger charge is 2.65. The van der Waals surface area contributed by atoms with Gasteiger partial charge in [0.1, 0.15) is 0 Å². The summed E-state index contributed by atoms with van der Waals surface area (Å²) in [5, 5.41) is 3.29. The number of carbonyl (C=O) groups excluding carboxylic acids is 1. The molecule has 0 aliphatic heterocycles. The van der Waals surface area contributed by atoms with Crippen LogP contribution in [0, 0.1) is 29.6 Å². The van der Waals surface area contributed by atoms with Gasteiger partial charge in [-0.3, -0.25) is 4.79 Å². The number of nitrogens with one attached hydrogen (secondary N) is 1. The summed E-state index contributed by atoms with van der Waals surface area (Å²) in [5.74, 6) is 3.31. The van der Waals surface area contributed by atoms with E-state index in [0.717, 1.165) is 29.2 Å². The number of benzene rings is 1. The molecule has 1 aromatic carbocycles. The number of fused-ring (bicyclic) bond motifs is 5. The third-order valence-corrected chi connectivity index (χ3v) is 6.18. The van der Waals surface area contributed by atoms with Gasteiger partial charge in [0, 0.05) is 12.1 Å². The van der Waals surface area contributed by atoms with Gasteiger partial charge in [-0.2, -0.15) is 0 Å². The van der Waals surface area contributed by atoms with Gasteiger partial charge in [-0.05, 0) is 48.5 Å². The minimum absolute atomic E-state index is 0.130. The Labute approximate surface area is 126 Å². The molecule has 3 aliphatic carbocycles. The zero-order valence-electron chi connectivity index (χ0n) is 12.5. The van der Waals surface area contributed by atoms with E-state index in [0.29, 0.717) is 6.04 Å². The fourth-order valence-corrected chi connectivity index (χ4v) is 4.94. The molecule has 6 atom stereocenters. The Bertz CT molecular complexity index is 527. The lowest BCUT2D eigenvalue weighted by Gasteiger charge is -2.21. The molecule has 1 amide bonds. The maximum atomic E-state index is 12.5. The van der Waals surface area contributed by atoms with E-state index < -0.39 is 0 Å². The maximum absolute atomic E-state index is 12.5. The van der Waals surface area contributed by atoms with Gasteiger partial charge < -0.3 is 11.1 Å². The predicted molar refractivity (Wildman–Crippen MR) is 82.3 cm³/mol. The van der Waals surface area contributed by atoms with Crippen molar-refractivity contribution in [2.24, 2.45) is 35.3 Å². The first kappa shape index (κ1) is 13.3. The van der Waals surface area contributed by atoms with Gasteiger partial charge in [0.05, 0.1) is 5.92 Å². The zero-order chi connectivity index (χ0) is 14.6. The Balaban J connectivity index is 1.37. The third kappa shape index (κ3) is 2.10. The molecule has 3 aliphatic rings. The van der Waals surface area contributed by atoms with Crippen LogP contribution in [0.25, 0.3) is 0 Å². The van der Waals surface area contributed by atoms with Crippen LogP contribution in [0.2, 0.25) is 0 Å². The molecule has 0 heterocycles. The Kier molecular flexibility index (Phi) is 3.07. The summed E-state index contributed by atoms with van der Waals surface area (Å²) < 4.78 is 0.